The SMILES string of the molecule is O=C(NCCCn1cnc2ccccc21)C1CCC(=O)N1Cc1ccc2c(c1)OCO2. The highest BCUT2D eigenvalue weighted by Crippen LogP contribution is 2.33. The van der Waals surface area contributed by atoms with Gasteiger partial charge >= 0.3 is 0 Å². The van der Waals surface area contributed by atoms with E-state index in [-0.39, 0.29) is 18.6 Å². The van der Waals surface area contributed by atoms with Gasteiger partial charge in [0.25, 0.3) is 0 Å². The Labute approximate surface area is 179 Å². The van der Waals surface area contributed by atoms with Crippen molar-refractivity contribution in [1.82, 2.24) is 19.8 Å². The van der Waals surface area contributed by atoms with Gasteiger partial charge in [0.2, 0.25) is 18.6 Å². The number of aromatic nitrogens is 2. The molecule has 1 N–H and O–H groups in total. The van der Waals surface area contributed by atoms with Crippen molar-refractivity contribution in [3.8, 4) is 11.5 Å². The number of rotatable bonds is 7. The third kappa shape index (κ3) is 3.93. The van der Waals surface area contributed by atoms with Crippen LogP contribution >= 0.6 is 0 Å². The van der Waals surface area contributed by atoms with Crippen LogP contribution < -0.4 is 14.8 Å². The first-order valence-corrected chi connectivity index (χ1v) is 10.5. The van der Waals surface area contributed by atoms with Crippen LogP contribution in [0.2, 0.25) is 0 Å². The summed E-state index contributed by atoms with van der Waals surface area (Å²) < 4.78 is 12.8. The molecule has 160 valence electrons. The van der Waals surface area contributed by atoms with E-state index in [0.717, 1.165) is 29.6 Å². The maximum absolute atomic E-state index is 12.8. The van der Waals surface area contributed by atoms with Crippen LogP contribution in [0.1, 0.15) is 24.8 Å². The number of nitrogens with zero attached hydrogens (tertiary/aromatic N) is 3. The number of carbonyl (C=O) groups is 2. The molecule has 0 aliphatic carbocycles. The van der Waals surface area contributed by atoms with Gasteiger partial charge in [-0.2, -0.15) is 0 Å². The first-order chi connectivity index (χ1) is 15.2. The molecule has 1 saturated heterocycles. The molecule has 0 radical (unpaired) electrons. The van der Waals surface area contributed by atoms with Crippen LogP contribution in [0.3, 0.4) is 0 Å². The molecule has 5 rings (SSSR count). The molecule has 1 unspecified atom stereocenters. The molecule has 0 saturated carbocycles. The Morgan fingerprint density at radius 3 is 2.97 bits per heavy atom. The molecule has 8 nitrogen and oxygen atoms in total. The number of benzene rings is 2. The second-order valence-electron chi connectivity index (χ2n) is 7.83. The number of hydrogen-bond donors (Lipinski definition) is 1. The Hall–Kier alpha value is -3.55. The van der Waals surface area contributed by atoms with Crippen LogP contribution in [-0.4, -0.2) is 45.6 Å². The number of ether oxygens (including phenoxy) is 2. The predicted octanol–water partition coefficient (Wildman–Crippen LogP) is 2.46. The lowest BCUT2D eigenvalue weighted by atomic mass is 10.1. The quantitative estimate of drug-likeness (QED) is 0.594. The van der Waals surface area contributed by atoms with E-state index in [9.17, 15) is 9.59 Å². The second kappa shape index (κ2) is 8.29. The molecule has 0 spiro atoms. The largest absolute Gasteiger partial charge is 0.454 e. The maximum Gasteiger partial charge on any atom is 0.242 e. The van der Waals surface area contributed by atoms with Crippen molar-refractivity contribution in [2.24, 2.45) is 0 Å². The standard InChI is InChI=1S/C23H24N4O4/c28-22-9-7-19(27(22)13-16-6-8-20-21(12-16)31-15-30-20)23(29)24-10-3-11-26-14-25-17-4-1-2-5-18(17)26/h1-2,4-6,8,12,14,19H,3,7,9-11,13,15H2,(H,24,29). The number of hydrogen-bond acceptors (Lipinski definition) is 5. The highest BCUT2D eigenvalue weighted by molar-refractivity contribution is 5.90. The first-order valence-electron chi connectivity index (χ1n) is 10.5. The highest BCUT2D eigenvalue weighted by atomic mass is 16.7. The molecule has 2 aromatic carbocycles. The number of para-hydroxylation sites is 2. The predicted molar refractivity (Wildman–Crippen MR) is 113 cm³/mol. The summed E-state index contributed by atoms with van der Waals surface area (Å²) >= 11 is 0. The Bertz CT molecular complexity index is 1130. The van der Waals surface area contributed by atoms with E-state index in [0.29, 0.717) is 37.4 Å². The van der Waals surface area contributed by atoms with Gasteiger partial charge in [0.15, 0.2) is 11.5 Å². The summed E-state index contributed by atoms with van der Waals surface area (Å²) in [5, 5.41) is 3.00. The summed E-state index contributed by atoms with van der Waals surface area (Å²) in [6.07, 6.45) is 3.55. The molecule has 2 aliphatic rings. The summed E-state index contributed by atoms with van der Waals surface area (Å²) in [5.74, 6) is 1.29. The number of amides is 2. The van der Waals surface area contributed by atoms with Crippen LogP contribution in [0.15, 0.2) is 48.8 Å². The van der Waals surface area contributed by atoms with E-state index in [1.807, 2.05) is 48.8 Å². The normalized spacial score (nSPS) is 17.5. The molecule has 0 bridgehead atoms. The van der Waals surface area contributed by atoms with Crippen molar-refractivity contribution in [3.63, 3.8) is 0 Å². The Morgan fingerprint density at radius 2 is 2.03 bits per heavy atom. The fourth-order valence-corrected chi connectivity index (χ4v) is 4.21. The fraction of sp³-hybridized carbons (Fsp3) is 0.348. The molecule has 2 aliphatic heterocycles. The molecule has 8 heteroatoms. The van der Waals surface area contributed by atoms with Crippen molar-refractivity contribution in [3.05, 3.63) is 54.4 Å². The van der Waals surface area contributed by atoms with Crippen LogP contribution in [0.5, 0.6) is 11.5 Å². The Morgan fingerprint density at radius 1 is 1.16 bits per heavy atom. The monoisotopic (exact) mass is 420 g/mol. The topological polar surface area (TPSA) is 85.7 Å². The molecule has 3 heterocycles. The van der Waals surface area contributed by atoms with Gasteiger partial charge in [-0.1, -0.05) is 18.2 Å². The summed E-state index contributed by atoms with van der Waals surface area (Å²) in [6.45, 7) is 1.91. The molecular weight excluding hydrogens is 396 g/mol. The number of aryl methyl sites for hydroxylation is 1. The zero-order chi connectivity index (χ0) is 21.2. The third-order valence-electron chi connectivity index (χ3n) is 5.82. The van der Waals surface area contributed by atoms with E-state index in [1.165, 1.54) is 0 Å². The number of likely N-dealkylation sites (tertiary alicyclic amines) is 1. The van der Waals surface area contributed by atoms with Crippen LogP contribution in [0, 0.1) is 0 Å². The molecule has 1 atom stereocenters. The van der Waals surface area contributed by atoms with Crippen LogP contribution in [0.25, 0.3) is 11.0 Å². The van der Waals surface area contributed by atoms with E-state index in [2.05, 4.69) is 14.9 Å². The van der Waals surface area contributed by atoms with Gasteiger partial charge in [-0.3, -0.25) is 9.59 Å². The second-order valence-corrected chi connectivity index (χ2v) is 7.83. The highest BCUT2D eigenvalue weighted by Gasteiger charge is 2.35. The molecule has 2 amide bonds. The molecule has 3 aromatic rings. The van der Waals surface area contributed by atoms with E-state index >= 15 is 0 Å². The van der Waals surface area contributed by atoms with Gasteiger partial charge in [0.1, 0.15) is 6.04 Å². The van der Waals surface area contributed by atoms with Crippen molar-refractivity contribution in [1.29, 1.82) is 0 Å². The number of carbonyl (C=O) groups excluding carboxylic acids is 2. The molecule has 1 aromatic heterocycles. The van der Waals surface area contributed by atoms with Crippen LogP contribution in [-0.2, 0) is 22.7 Å². The lowest BCUT2D eigenvalue weighted by Crippen LogP contribution is -2.44. The zero-order valence-electron chi connectivity index (χ0n) is 17.1. The molecular formula is C23H24N4O4. The van der Waals surface area contributed by atoms with Gasteiger partial charge in [0.05, 0.1) is 17.4 Å². The lowest BCUT2D eigenvalue weighted by Gasteiger charge is -2.24. The van der Waals surface area contributed by atoms with E-state index < -0.39 is 6.04 Å². The van der Waals surface area contributed by atoms with E-state index in [4.69, 9.17) is 9.47 Å². The Balaban J connectivity index is 1.16. The summed E-state index contributed by atoms with van der Waals surface area (Å²) in [7, 11) is 0. The molecule has 1 fully saturated rings. The van der Waals surface area contributed by atoms with E-state index in [1.54, 1.807) is 4.90 Å². The van der Waals surface area contributed by atoms with Crippen molar-refractivity contribution in [2.75, 3.05) is 13.3 Å². The molecule has 31 heavy (non-hydrogen) atoms. The summed E-state index contributed by atoms with van der Waals surface area (Å²) in [6, 6.07) is 13.2. The Kier molecular flexibility index (Phi) is 5.19. The van der Waals surface area contributed by atoms with Crippen molar-refractivity contribution in [2.45, 2.75) is 38.4 Å². The van der Waals surface area contributed by atoms with Gasteiger partial charge < -0.3 is 24.3 Å². The number of imidazole rings is 1. The first kappa shape index (κ1) is 19.4. The van der Waals surface area contributed by atoms with Crippen LogP contribution in [0.4, 0.5) is 0 Å². The summed E-state index contributed by atoms with van der Waals surface area (Å²) in [5.41, 5.74) is 2.98. The minimum Gasteiger partial charge on any atom is -0.454 e. The minimum absolute atomic E-state index is 0.00250. The smallest absolute Gasteiger partial charge is 0.242 e. The average molecular weight is 420 g/mol. The zero-order valence-corrected chi connectivity index (χ0v) is 17.1. The fourth-order valence-electron chi connectivity index (χ4n) is 4.21. The van der Waals surface area contributed by atoms with Gasteiger partial charge in [-0.25, -0.2) is 4.98 Å². The summed E-state index contributed by atoms with van der Waals surface area (Å²) in [4.78, 5) is 31.3. The van der Waals surface area contributed by atoms with Gasteiger partial charge in [-0.05, 0) is 42.7 Å². The van der Waals surface area contributed by atoms with Gasteiger partial charge in [-0.15, -0.1) is 0 Å². The van der Waals surface area contributed by atoms with Crippen molar-refractivity contribution >= 4 is 22.8 Å². The lowest BCUT2D eigenvalue weighted by molar-refractivity contribution is -0.135. The number of fused-ring (bicyclic) bond motifs is 2. The maximum atomic E-state index is 12.8. The van der Waals surface area contributed by atoms with Crippen molar-refractivity contribution < 1.29 is 19.1 Å². The average Bonchev–Trinajstić information content (AvgIpc) is 3.50. The number of nitrogens with one attached hydrogen (secondary N) is 1. The minimum atomic E-state index is -0.438. The van der Waals surface area contributed by atoms with Gasteiger partial charge in [0, 0.05) is 26.1 Å². The third-order valence-corrected chi connectivity index (χ3v) is 5.82.